The van der Waals surface area contributed by atoms with Gasteiger partial charge in [-0.3, -0.25) is 15.7 Å². The van der Waals surface area contributed by atoms with E-state index in [2.05, 4.69) is 21.2 Å². The SMILES string of the molecule is CCOC(=O)NC(=N)c1cc[c]nc1. The fourth-order valence-corrected chi connectivity index (χ4v) is 0.809. The summed E-state index contributed by atoms with van der Waals surface area (Å²) in [6.07, 6.45) is 3.38. The second-order valence-electron chi connectivity index (χ2n) is 2.40. The van der Waals surface area contributed by atoms with Gasteiger partial charge in [0.05, 0.1) is 12.8 Å². The highest BCUT2D eigenvalue weighted by atomic mass is 16.5. The molecular weight excluding hydrogens is 182 g/mol. The van der Waals surface area contributed by atoms with E-state index >= 15 is 0 Å². The van der Waals surface area contributed by atoms with Gasteiger partial charge < -0.3 is 4.74 Å². The molecule has 1 amide bonds. The first-order valence-corrected chi connectivity index (χ1v) is 4.09. The van der Waals surface area contributed by atoms with Crippen molar-refractivity contribution in [3.05, 3.63) is 30.1 Å². The fraction of sp³-hybridized carbons (Fsp3) is 0.222. The minimum absolute atomic E-state index is 0.0371. The maximum Gasteiger partial charge on any atom is 0.412 e. The Kier molecular flexibility index (Phi) is 3.60. The lowest BCUT2D eigenvalue weighted by molar-refractivity contribution is 0.158. The summed E-state index contributed by atoms with van der Waals surface area (Å²) < 4.78 is 4.61. The second-order valence-corrected chi connectivity index (χ2v) is 2.40. The molecule has 0 aliphatic carbocycles. The summed E-state index contributed by atoms with van der Waals surface area (Å²) in [4.78, 5) is 14.6. The van der Waals surface area contributed by atoms with Crippen molar-refractivity contribution in [3.63, 3.8) is 0 Å². The Morgan fingerprint density at radius 3 is 3.14 bits per heavy atom. The summed E-state index contributed by atoms with van der Waals surface area (Å²) in [5, 5.41) is 9.74. The third-order valence-corrected chi connectivity index (χ3v) is 1.41. The predicted octanol–water partition coefficient (Wildman–Crippen LogP) is 0.953. The minimum atomic E-state index is -0.634. The lowest BCUT2D eigenvalue weighted by atomic mass is 10.3. The Hall–Kier alpha value is -1.91. The highest BCUT2D eigenvalue weighted by Gasteiger charge is 2.06. The molecule has 0 bridgehead atoms. The molecule has 0 unspecified atom stereocenters. The number of amides is 1. The van der Waals surface area contributed by atoms with Crippen LogP contribution in [0.5, 0.6) is 0 Å². The Labute approximate surface area is 81.6 Å². The number of nitrogens with zero attached hydrogens (tertiary/aromatic N) is 1. The van der Waals surface area contributed by atoms with Crippen LogP contribution in [0.1, 0.15) is 12.5 Å². The summed E-state index contributed by atoms with van der Waals surface area (Å²) in [7, 11) is 0. The number of carbonyl (C=O) groups excluding carboxylic acids is 1. The van der Waals surface area contributed by atoms with Crippen LogP contribution in [-0.4, -0.2) is 23.5 Å². The summed E-state index contributed by atoms with van der Waals surface area (Å²) in [5.74, 6) is -0.0371. The first-order chi connectivity index (χ1) is 6.74. The number of carbonyl (C=O) groups is 1. The third kappa shape index (κ3) is 2.85. The van der Waals surface area contributed by atoms with E-state index in [-0.39, 0.29) is 12.4 Å². The van der Waals surface area contributed by atoms with Crippen molar-refractivity contribution >= 4 is 11.9 Å². The van der Waals surface area contributed by atoms with Gasteiger partial charge in [0.25, 0.3) is 0 Å². The van der Waals surface area contributed by atoms with Gasteiger partial charge in [-0.15, -0.1) is 0 Å². The van der Waals surface area contributed by atoms with E-state index in [0.29, 0.717) is 5.56 Å². The van der Waals surface area contributed by atoms with Crippen LogP contribution in [0.4, 0.5) is 4.79 Å². The molecular formula is C9H10N3O2. The third-order valence-electron chi connectivity index (χ3n) is 1.41. The molecule has 0 saturated carbocycles. The van der Waals surface area contributed by atoms with Crippen molar-refractivity contribution < 1.29 is 9.53 Å². The zero-order valence-corrected chi connectivity index (χ0v) is 7.70. The van der Waals surface area contributed by atoms with Gasteiger partial charge in [0, 0.05) is 11.8 Å². The molecule has 1 rings (SSSR count). The van der Waals surface area contributed by atoms with E-state index in [0.717, 1.165) is 0 Å². The van der Waals surface area contributed by atoms with Crippen LogP contribution in [0.3, 0.4) is 0 Å². The molecule has 0 spiro atoms. The summed E-state index contributed by atoms with van der Waals surface area (Å²) in [6.45, 7) is 1.97. The van der Waals surface area contributed by atoms with Crippen molar-refractivity contribution in [1.29, 1.82) is 5.41 Å². The Balaban J connectivity index is 2.55. The first-order valence-electron chi connectivity index (χ1n) is 4.09. The minimum Gasteiger partial charge on any atom is -0.450 e. The maximum atomic E-state index is 10.9. The van der Waals surface area contributed by atoms with Gasteiger partial charge in [-0.1, -0.05) is 0 Å². The van der Waals surface area contributed by atoms with Crippen molar-refractivity contribution in [2.45, 2.75) is 6.92 Å². The molecule has 1 radical (unpaired) electrons. The van der Waals surface area contributed by atoms with E-state index in [9.17, 15) is 4.79 Å². The number of amidine groups is 1. The zero-order valence-electron chi connectivity index (χ0n) is 7.70. The number of alkyl carbamates (subject to hydrolysis) is 1. The zero-order chi connectivity index (χ0) is 10.4. The van der Waals surface area contributed by atoms with Gasteiger partial charge >= 0.3 is 6.09 Å². The number of hydrogen-bond donors (Lipinski definition) is 2. The molecule has 5 nitrogen and oxygen atoms in total. The molecule has 0 saturated heterocycles. The molecule has 5 heteroatoms. The number of aromatic nitrogens is 1. The molecule has 14 heavy (non-hydrogen) atoms. The number of rotatable bonds is 2. The van der Waals surface area contributed by atoms with E-state index < -0.39 is 6.09 Å². The van der Waals surface area contributed by atoms with Crippen LogP contribution < -0.4 is 5.32 Å². The van der Waals surface area contributed by atoms with Crippen molar-refractivity contribution in [2.75, 3.05) is 6.61 Å². The molecule has 0 aliphatic heterocycles. The van der Waals surface area contributed by atoms with E-state index in [1.54, 1.807) is 19.1 Å². The van der Waals surface area contributed by atoms with Gasteiger partial charge in [-0.25, -0.2) is 4.79 Å². The predicted molar refractivity (Wildman–Crippen MR) is 50.1 cm³/mol. The average molecular weight is 192 g/mol. The number of ether oxygens (including phenoxy) is 1. The highest BCUT2D eigenvalue weighted by molar-refractivity contribution is 6.04. The summed E-state index contributed by atoms with van der Waals surface area (Å²) >= 11 is 0. The molecule has 1 aromatic rings. The van der Waals surface area contributed by atoms with E-state index in [1.807, 2.05) is 0 Å². The monoisotopic (exact) mass is 192 g/mol. The molecule has 0 fully saturated rings. The van der Waals surface area contributed by atoms with Crippen molar-refractivity contribution in [2.24, 2.45) is 0 Å². The lowest BCUT2D eigenvalue weighted by Crippen LogP contribution is -2.31. The maximum absolute atomic E-state index is 10.9. The van der Waals surface area contributed by atoms with Crippen LogP contribution in [0, 0.1) is 11.6 Å². The van der Waals surface area contributed by atoms with Gasteiger partial charge in [0.15, 0.2) is 0 Å². The molecule has 0 aromatic carbocycles. The standard InChI is InChI=1S/C9H10N3O2/c1-2-14-9(13)12-8(10)7-4-3-5-11-6-7/h3-4,6H,2H2,1H3,(H2,10,12,13). The molecule has 1 heterocycles. The Bertz CT molecular complexity index is 324. The molecule has 0 aliphatic rings. The average Bonchev–Trinajstić information content (AvgIpc) is 2.19. The first kappa shape index (κ1) is 10.2. The molecule has 1 aromatic heterocycles. The normalized spacial score (nSPS) is 9.21. The molecule has 0 atom stereocenters. The number of pyridine rings is 1. The van der Waals surface area contributed by atoms with E-state index in [1.165, 1.54) is 6.20 Å². The topological polar surface area (TPSA) is 75.1 Å². The van der Waals surface area contributed by atoms with Crippen molar-refractivity contribution in [3.8, 4) is 0 Å². The van der Waals surface area contributed by atoms with Gasteiger partial charge in [0.2, 0.25) is 0 Å². The number of hydrogen-bond acceptors (Lipinski definition) is 4. The van der Waals surface area contributed by atoms with Gasteiger partial charge in [0.1, 0.15) is 5.84 Å². The smallest absolute Gasteiger partial charge is 0.412 e. The largest absolute Gasteiger partial charge is 0.450 e. The fourth-order valence-electron chi connectivity index (χ4n) is 0.809. The Morgan fingerprint density at radius 1 is 1.79 bits per heavy atom. The summed E-state index contributed by atoms with van der Waals surface area (Å²) in [6, 6.07) is 3.19. The quantitative estimate of drug-likeness (QED) is 0.541. The van der Waals surface area contributed by atoms with Crippen LogP contribution in [0.2, 0.25) is 0 Å². The number of nitrogens with one attached hydrogen (secondary N) is 2. The second kappa shape index (κ2) is 4.96. The van der Waals surface area contributed by atoms with E-state index in [4.69, 9.17) is 5.41 Å². The highest BCUT2D eigenvalue weighted by Crippen LogP contribution is 1.94. The molecule has 2 N–H and O–H groups in total. The van der Waals surface area contributed by atoms with Gasteiger partial charge in [-0.2, -0.15) is 0 Å². The van der Waals surface area contributed by atoms with Crippen molar-refractivity contribution in [1.82, 2.24) is 10.3 Å². The van der Waals surface area contributed by atoms with Crippen LogP contribution in [0.25, 0.3) is 0 Å². The lowest BCUT2D eigenvalue weighted by Gasteiger charge is -2.05. The summed E-state index contributed by atoms with van der Waals surface area (Å²) in [5.41, 5.74) is 0.511. The van der Waals surface area contributed by atoms with Crippen LogP contribution >= 0.6 is 0 Å². The Morgan fingerprint density at radius 2 is 2.57 bits per heavy atom. The van der Waals surface area contributed by atoms with Crippen LogP contribution in [-0.2, 0) is 4.74 Å². The molecule has 73 valence electrons. The van der Waals surface area contributed by atoms with Gasteiger partial charge in [-0.05, 0) is 19.1 Å². The van der Waals surface area contributed by atoms with Crippen LogP contribution in [0.15, 0.2) is 18.3 Å².